The van der Waals surface area contributed by atoms with Crippen molar-refractivity contribution >= 4 is 28.3 Å². The molecule has 2 rings (SSSR count). The van der Waals surface area contributed by atoms with E-state index in [9.17, 15) is 13.2 Å². The molecule has 0 aliphatic carbocycles. The lowest BCUT2D eigenvalue weighted by Gasteiger charge is -2.22. The van der Waals surface area contributed by atoms with E-state index in [0.717, 1.165) is 12.1 Å². The fourth-order valence-corrected chi connectivity index (χ4v) is 3.14. The third kappa shape index (κ3) is 5.74. The number of ether oxygens (including phenoxy) is 1. The van der Waals surface area contributed by atoms with Gasteiger partial charge < -0.3 is 15.4 Å². The van der Waals surface area contributed by atoms with Crippen LogP contribution in [-0.2, 0) is 26.1 Å². The van der Waals surface area contributed by atoms with Gasteiger partial charge in [-0.25, -0.2) is 13.1 Å². The van der Waals surface area contributed by atoms with Crippen LogP contribution in [0.3, 0.4) is 0 Å². The zero-order valence-corrected chi connectivity index (χ0v) is 14.5. The molecule has 1 aliphatic rings. The zero-order valence-electron chi connectivity index (χ0n) is 12.9. The molecular weight excluding hydrogens is 342 g/mol. The summed E-state index contributed by atoms with van der Waals surface area (Å²) in [6.45, 7) is 4.19. The van der Waals surface area contributed by atoms with E-state index in [-0.39, 0.29) is 23.2 Å². The molecule has 1 amide bonds. The number of benzene rings is 1. The average Bonchev–Trinajstić information content (AvgIpc) is 2.54. The molecule has 7 nitrogen and oxygen atoms in total. The van der Waals surface area contributed by atoms with Gasteiger partial charge in [-0.2, -0.15) is 0 Å². The van der Waals surface area contributed by atoms with Gasteiger partial charge in [-0.3, -0.25) is 4.79 Å². The van der Waals surface area contributed by atoms with Gasteiger partial charge in [-0.05, 0) is 17.7 Å². The second kappa shape index (κ2) is 9.19. The van der Waals surface area contributed by atoms with Gasteiger partial charge in [0.25, 0.3) is 5.91 Å². The minimum absolute atomic E-state index is 0. The number of rotatable bonds is 6. The Bertz CT molecular complexity index is 601. The molecule has 1 aliphatic heterocycles. The van der Waals surface area contributed by atoms with E-state index in [1.807, 2.05) is 0 Å². The van der Waals surface area contributed by atoms with E-state index in [2.05, 4.69) is 15.4 Å². The normalized spacial score (nSPS) is 18.0. The monoisotopic (exact) mass is 363 g/mol. The molecule has 9 heteroatoms. The first kappa shape index (κ1) is 19.9. The van der Waals surface area contributed by atoms with Crippen LogP contribution in [0.5, 0.6) is 0 Å². The van der Waals surface area contributed by atoms with Crippen LogP contribution >= 0.6 is 12.4 Å². The number of carbonyl (C=O) groups excluding carboxylic acids is 1. The number of halogens is 1. The number of carbonyl (C=O) groups is 1. The molecule has 1 saturated heterocycles. The highest BCUT2D eigenvalue weighted by molar-refractivity contribution is 7.89. The molecule has 1 fully saturated rings. The van der Waals surface area contributed by atoms with Crippen LogP contribution < -0.4 is 15.4 Å². The SMILES string of the molecule is CCNS(=O)(=O)c1ccc(CNC(=O)C2CNCCO2)cc1.Cl. The van der Waals surface area contributed by atoms with E-state index < -0.39 is 16.1 Å². The van der Waals surface area contributed by atoms with Gasteiger partial charge in [0, 0.05) is 26.2 Å². The molecular formula is C14H22ClN3O4S. The molecule has 1 unspecified atom stereocenters. The topological polar surface area (TPSA) is 96.5 Å². The quantitative estimate of drug-likeness (QED) is 0.661. The number of sulfonamides is 1. The molecule has 130 valence electrons. The molecule has 1 aromatic rings. The van der Waals surface area contributed by atoms with Gasteiger partial charge in [-0.1, -0.05) is 19.1 Å². The maximum absolute atomic E-state index is 11.9. The number of morpholine rings is 1. The lowest BCUT2D eigenvalue weighted by Crippen LogP contribution is -2.47. The van der Waals surface area contributed by atoms with Gasteiger partial charge in [0.2, 0.25) is 10.0 Å². The predicted molar refractivity (Wildman–Crippen MR) is 89.0 cm³/mol. The smallest absolute Gasteiger partial charge is 0.250 e. The molecule has 0 radical (unpaired) electrons. The van der Waals surface area contributed by atoms with Crippen molar-refractivity contribution in [3.63, 3.8) is 0 Å². The second-order valence-corrected chi connectivity index (χ2v) is 6.69. The Hall–Kier alpha value is -1.19. The van der Waals surface area contributed by atoms with Crippen LogP contribution in [0, 0.1) is 0 Å². The maximum atomic E-state index is 11.9. The minimum Gasteiger partial charge on any atom is -0.366 e. The Morgan fingerprint density at radius 1 is 1.35 bits per heavy atom. The van der Waals surface area contributed by atoms with E-state index in [1.165, 1.54) is 12.1 Å². The Kier molecular flexibility index (Phi) is 7.93. The van der Waals surface area contributed by atoms with Crippen molar-refractivity contribution in [3.05, 3.63) is 29.8 Å². The summed E-state index contributed by atoms with van der Waals surface area (Å²) in [5.74, 6) is -0.170. The van der Waals surface area contributed by atoms with Gasteiger partial charge in [0.05, 0.1) is 11.5 Å². The van der Waals surface area contributed by atoms with Crippen molar-refractivity contribution in [3.8, 4) is 0 Å². The molecule has 0 aromatic heterocycles. The van der Waals surface area contributed by atoms with Crippen molar-refractivity contribution < 1.29 is 17.9 Å². The van der Waals surface area contributed by atoms with Crippen molar-refractivity contribution in [1.82, 2.24) is 15.4 Å². The van der Waals surface area contributed by atoms with Crippen LogP contribution in [-0.4, -0.2) is 46.7 Å². The Labute approximate surface area is 142 Å². The average molecular weight is 364 g/mol. The number of hydrogen-bond acceptors (Lipinski definition) is 5. The standard InChI is InChI=1S/C14H21N3O4S.ClH/c1-2-17-22(19,20)12-5-3-11(4-6-12)9-16-14(18)13-10-15-7-8-21-13;/h3-6,13,15,17H,2,7-10H2,1H3,(H,16,18);1H. The summed E-state index contributed by atoms with van der Waals surface area (Å²) in [6, 6.07) is 6.42. The van der Waals surface area contributed by atoms with Gasteiger partial charge in [0.15, 0.2) is 0 Å². The summed E-state index contributed by atoms with van der Waals surface area (Å²) in [5, 5.41) is 5.87. The van der Waals surface area contributed by atoms with Crippen LogP contribution in [0.15, 0.2) is 29.2 Å². The van der Waals surface area contributed by atoms with Crippen molar-refractivity contribution in [2.75, 3.05) is 26.2 Å². The molecule has 0 saturated carbocycles. The molecule has 0 bridgehead atoms. The Morgan fingerprint density at radius 3 is 2.61 bits per heavy atom. The van der Waals surface area contributed by atoms with E-state index in [0.29, 0.717) is 26.2 Å². The third-order valence-corrected chi connectivity index (χ3v) is 4.82. The van der Waals surface area contributed by atoms with Crippen LogP contribution in [0.4, 0.5) is 0 Å². The molecule has 1 heterocycles. The molecule has 0 spiro atoms. The lowest BCUT2D eigenvalue weighted by atomic mass is 10.2. The summed E-state index contributed by atoms with van der Waals surface area (Å²) in [5.41, 5.74) is 0.826. The first-order valence-electron chi connectivity index (χ1n) is 7.21. The highest BCUT2D eigenvalue weighted by atomic mass is 35.5. The van der Waals surface area contributed by atoms with E-state index in [1.54, 1.807) is 19.1 Å². The van der Waals surface area contributed by atoms with Gasteiger partial charge >= 0.3 is 0 Å². The minimum atomic E-state index is -3.44. The fourth-order valence-electron chi connectivity index (χ4n) is 2.10. The Morgan fingerprint density at radius 2 is 2.04 bits per heavy atom. The summed E-state index contributed by atoms with van der Waals surface area (Å²) >= 11 is 0. The first-order chi connectivity index (χ1) is 10.5. The predicted octanol–water partition coefficient (Wildman–Crippen LogP) is 0.0112. The summed E-state index contributed by atoms with van der Waals surface area (Å²) in [7, 11) is -3.44. The maximum Gasteiger partial charge on any atom is 0.250 e. The van der Waals surface area contributed by atoms with E-state index >= 15 is 0 Å². The van der Waals surface area contributed by atoms with Crippen molar-refractivity contribution in [2.24, 2.45) is 0 Å². The summed E-state index contributed by atoms with van der Waals surface area (Å²) < 4.78 is 31.4. The van der Waals surface area contributed by atoms with Crippen LogP contribution in [0.2, 0.25) is 0 Å². The number of hydrogen-bond donors (Lipinski definition) is 3. The lowest BCUT2D eigenvalue weighted by molar-refractivity contribution is -0.134. The summed E-state index contributed by atoms with van der Waals surface area (Å²) in [6.07, 6.45) is -0.470. The molecule has 1 atom stereocenters. The Balaban J connectivity index is 0.00000264. The number of nitrogens with one attached hydrogen (secondary N) is 3. The fraction of sp³-hybridized carbons (Fsp3) is 0.500. The van der Waals surface area contributed by atoms with Gasteiger partial charge in [0.1, 0.15) is 6.10 Å². The first-order valence-corrected chi connectivity index (χ1v) is 8.70. The van der Waals surface area contributed by atoms with Crippen LogP contribution in [0.25, 0.3) is 0 Å². The second-order valence-electron chi connectivity index (χ2n) is 4.93. The third-order valence-electron chi connectivity index (χ3n) is 3.25. The van der Waals surface area contributed by atoms with Crippen molar-refractivity contribution in [1.29, 1.82) is 0 Å². The van der Waals surface area contributed by atoms with E-state index in [4.69, 9.17) is 4.74 Å². The highest BCUT2D eigenvalue weighted by Gasteiger charge is 2.21. The van der Waals surface area contributed by atoms with Gasteiger partial charge in [-0.15, -0.1) is 12.4 Å². The van der Waals surface area contributed by atoms with Crippen molar-refractivity contribution in [2.45, 2.75) is 24.5 Å². The molecule has 1 aromatic carbocycles. The largest absolute Gasteiger partial charge is 0.366 e. The zero-order chi connectivity index (χ0) is 16.0. The molecule has 3 N–H and O–H groups in total. The molecule has 23 heavy (non-hydrogen) atoms. The summed E-state index contributed by atoms with van der Waals surface area (Å²) in [4.78, 5) is 12.1. The van der Waals surface area contributed by atoms with Crippen LogP contribution in [0.1, 0.15) is 12.5 Å². The highest BCUT2D eigenvalue weighted by Crippen LogP contribution is 2.10. The number of amides is 1.